The summed E-state index contributed by atoms with van der Waals surface area (Å²) in [6.07, 6.45) is 1.66. The molecule has 1 aromatic heterocycles. The fraction of sp³-hybridized carbons (Fsp3) is 0.118. The number of hydrogen-bond acceptors (Lipinski definition) is 5. The molecule has 0 unspecified atom stereocenters. The maximum atomic E-state index is 12.8. The minimum Gasteiger partial charge on any atom is -0.497 e. The van der Waals surface area contributed by atoms with Crippen LogP contribution >= 0.6 is 0 Å². The lowest BCUT2D eigenvalue weighted by molar-refractivity contribution is 0.386. The first-order valence-electron chi connectivity index (χ1n) is 7.14. The van der Waals surface area contributed by atoms with Crippen LogP contribution in [0.5, 0.6) is 11.5 Å². The predicted molar refractivity (Wildman–Crippen MR) is 92.1 cm³/mol. The average Bonchev–Trinajstić information content (AvgIpc) is 2.61. The van der Waals surface area contributed by atoms with Gasteiger partial charge in [-0.15, -0.1) is 0 Å². The molecule has 0 atom stereocenters. The van der Waals surface area contributed by atoms with Crippen molar-refractivity contribution in [2.24, 2.45) is 0 Å². The van der Waals surface area contributed by atoms with Crippen molar-refractivity contribution < 1.29 is 17.9 Å². The zero-order valence-electron chi connectivity index (χ0n) is 13.2. The Morgan fingerprint density at radius 1 is 1.00 bits per heavy atom. The van der Waals surface area contributed by atoms with Gasteiger partial charge in [0.05, 0.1) is 25.4 Å². The Morgan fingerprint density at radius 2 is 1.83 bits per heavy atom. The van der Waals surface area contributed by atoms with E-state index >= 15 is 0 Å². The van der Waals surface area contributed by atoms with E-state index in [0.717, 1.165) is 5.39 Å². The lowest BCUT2D eigenvalue weighted by atomic mass is 10.2. The summed E-state index contributed by atoms with van der Waals surface area (Å²) in [4.78, 5) is 4.26. The smallest absolute Gasteiger partial charge is 0.265 e. The van der Waals surface area contributed by atoms with Gasteiger partial charge in [-0.2, -0.15) is 0 Å². The molecule has 6 nitrogen and oxygen atoms in total. The van der Waals surface area contributed by atoms with Crippen LogP contribution in [-0.2, 0) is 10.0 Å². The van der Waals surface area contributed by atoms with Gasteiger partial charge in [-0.25, -0.2) is 8.42 Å². The van der Waals surface area contributed by atoms with Gasteiger partial charge in [0.2, 0.25) is 0 Å². The molecule has 0 aliphatic rings. The van der Waals surface area contributed by atoms with Gasteiger partial charge >= 0.3 is 0 Å². The summed E-state index contributed by atoms with van der Waals surface area (Å²) in [6, 6.07) is 13.4. The average molecular weight is 344 g/mol. The van der Waals surface area contributed by atoms with Crippen molar-refractivity contribution in [3.05, 3.63) is 54.7 Å². The normalized spacial score (nSPS) is 11.2. The number of sulfonamides is 1. The van der Waals surface area contributed by atoms with Gasteiger partial charge in [0, 0.05) is 17.6 Å². The number of nitrogens with zero attached hydrogens (tertiary/aromatic N) is 1. The molecular formula is C17H16N2O4S. The first kappa shape index (κ1) is 16.1. The SMILES string of the molecule is COc1ccc(S(=O)(=O)Nc2cccc3ncccc23)c(OC)c1. The minimum atomic E-state index is -3.83. The second-order valence-electron chi connectivity index (χ2n) is 5.00. The molecule has 0 aliphatic carbocycles. The first-order chi connectivity index (χ1) is 11.5. The highest BCUT2D eigenvalue weighted by molar-refractivity contribution is 7.92. The molecule has 3 rings (SSSR count). The summed E-state index contributed by atoms with van der Waals surface area (Å²) >= 11 is 0. The summed E-state index contributed by atoms with van der Waals surface area (Å²) in [5.41, 5.74) is 1.16. The van der Waals surface area contributed by atoms with E-state index in [0.29, 0.717) is 17.0 Å². The van der Waals surface area contributed by atoms with E-state index in [1.165, 1.54) is 26.4 Å². The first-order valence-corrected chi connectivity index (χ1v) is 8.62. The molecule has 1 heterocycles. The molecule has 3 aromatic rings. The van der Waals surface area contributed by atoms with Crippen molar-refractivity contribution in [1.29, 1.82) is 0 Å². The van der Waals surface area contributed by atoms with E-state index < -0.39 is 10.0 Å². The maximum absolute atomic E-state index is 12.8. The van der Waals surface area contributed by atoms with Crippen LogP contribution < -0.4 is 14.2 Å². The van der Waals surface area contributed by atoms with Gasteiger partial charge < -0.3 is 9.47 Å². The van der Waals surface area contributed by atoms with E-state index in [9.17, 15) is 8.42 Å². The summed E-state index contributed by atoms with van der Waals surface area (Å²) in [5, 5.41) is 0.719. The number of ether oxygens (including phenoxy) is 2. The van der Waals surface area contributed by atoms with Crippen LogP contribution in [0.2, 0.25) is 0 Å². The Bertz CT molecular complexity index is 982. The number of nitrogens with one attached hydrogen (secondary N) is 1. The Morgan fingerprint density at radius 3 is 2.58 bits per heavy atom. The molecule has 0 fully saturated rings. The van der Waals surface area contributed by atoms with E-state index in [2.05, 4.69) is 9.71 Å². The van der Waals surface area contributed by atoms with Crippen molar-refractivity contribution >= 4 is 26.6 Å². The summed E-state index contributed by atoms with van der Waals surface area (Å²) < 4.78 is 38.4. The van der Waals surface area contributed by atoms with Crippen LogP contribution in [-0.4, -0.2) is 27.6 Å². The Labute approximate surface area is 140 Å². The van der Waals surface area contributed by atoms with Crippen LogP contribution in [0.15, 0.2) is 59.6 Å². The Kier molecular flexibility index (Phi) is 4.26. The van der Waals surface area contributed by atoms with E-state index in [4.69, 9.17) is 9.47 Å². The topological polar surface area (TPSA) is 77.5 Å². The number of pyridine rings is 1. The van der Waals surface area contributed by atoms with Gasteiger partial charge in [-0.05, 0) is 36.4 Å². The van der Waals surface area contributed by atoms with Crippen LogP contribution in [0, 0.1) is 0 Å². The van der Waals surface area contributed by atoms with Crippen LogP contribution in [0.25, 0.3) is 10.9 Å². The predicted octanol–water partition coefficient (Wildman–Crippen LogP) is 3.05. The standard InChI is InChI=1S/C17H16N2O4S/c1-22-12-8-9-17(16(11-12)23-2)24(20,21)19-15-7-3-6-14-13(15)5-4-10-18-14/h3-11,19H,1-2H3. The molecule has 2 aromatic carbocycles. The third kappa shape index (κ3) is 2.98. The van der Waals surface area contributed by atoms with E-state index in [1.807, 2.05) is 12.1 Å². The van der Waals surface area contributed by atoms with Gasteiger partial charge in [0.1, 0.15) is 16.4 Å². The number of anilines is 1. The molecule has 7 heteroatoms. The van der Waals surface area contributed by atoms with Crippen molar-refractivity contribution in [2.45, 2.75) is 4.90 Å². The summed E-state index contributed by atoms with van der Waals surface area (Å²) in [5.74, 6) is 0.723. The zero-order valence-corrected chi connectivity index (χ0v) is 14.0. The van der Waals surface area contributed by atoms with Gasteiger partial charge in [0.15, 0.2) is 0 Å². The van der Waals surface area contributed by atoms with Crippen LogP contribution in [0.3, 0.4) is 0 Å². The fourth-order valence-corrected chi connectivity index (χ4v) is 3.62. The Hall–Kier alpha value is -2.80. The van der Waals surface area contributed by atoms with Gasteiger partial charge in [-0.3, -0.25) is 9.71 Å². The van der Waals surface area contributed by atoms with Crippen molar-refractivity contribution in [2.75, 3.05) is 18.9 Å². The number of aromatic nitrogens is 1. The molecule has 0 aliphatic heterocycles. The Balaban J connectivity index is 2.05. The fourth-order valence-electron chi connectivity index (χ4n) is 2.39. The highest BCUT2D eigenvalue weighted by Gasteiger charge is 2.21. The maximum Gasteiger partial charge on any atom is 0.265 e. The number of benzene rings is 2. The van der Waals surface area contributed by atoms with E-state index in [-0.39, 0.29) is 10.6 Å². The van der Waals surface area contributed by atoms with Crippen molar-refractivity contribution in [3.63, 3.8) is 0 Å². The number of fused-ring (bicyclic) bond motifs is 1. The van der Waals surface area contributed by atoms with Crippen LogP contribution in [0.4, 0.5) is 5.69 Å². The largest absolute Gasteiger partial charge is 0.497 e. The molecule has 1 N–H and O–H groups in total. The number of methoxy groups -OCH3 is 2. The highest BCUT2D eigenvalue weighted by atomic mass is 32.2. The monoisotopic (exact) mass is 344 g/mol. The summed E-state index contributed by atoms with van der Waals surface area (Å²) in [7, 11) is -0.914. The molecule has 24 heavy (non-hydrogen) atoms. The number of rotatable bonds is 5. The highest BCUT2D eigenvalue weighted by Crippen LogP contribution is 2.31. The lowest BCUT2D eigenvalue weighted by Crippen LogP contribution is -2.14. The third-order valence-corrected chi connectivity index (χ3v) is 4.96. The van der Waals surface area contributed by atoms with Gasteiger partial charge in [-0.1, -0.05) is 6.07 Å². The van der Waals surface area contributed by atoms with E-state index in [1.54, 1.807) is 30.5 Å². The molecule has 0 amide bonds. The van der Waals surface area contributed by atoms with Crippen LogP contribution in [0.1, 0.15) is 0 Å². The molecular weight excluding hydrogens is 328 g/mol. The molecule has 0 spiro atoms. The lowest BCUT2D eigenvalue weighted by Gasteiger charge is -2.13. The number of hydrogen-bond donors (Lipinski definition) is 1. The molecule has 0 saturated carbocycles. The molecule has 0 radical (unpaired) electrons. The molecule has 0 bridgehead atoms. The second kappa shape index (κ2) is 6.37. The van der Waals surface area contributed by atoms with Crippen molar-refractivity contribution in [3.8, 4) is 11.5 Å². The second-order valence-corrected chi connectivity index (χ2v) is 6.65. The quantitative estimate of drug-likeness (QED) is 0.770. The van der Waals surface area contributed by atoms with Crippen molar-refractivity contribution in [1.82, 2.24) is 4.98 Å². The summed E-state index contributed by atoms with van der Waals surface area (Å²) in [6.45, 7) is 0. The molecule has 124 valence electrons. The molecule has 0 saturated heterocycles. The van der Waals surface area contributed by atoms with Gasteiger partial charge in [0.25, 0.3) is 10.0 Å². The third-order valence-electron chi connectivity index (χ3n) is 3.55. The minimum absolute atomic E-state index is 0.0340. The zero-order chi connectivity index (χ0) is 17.2.